The summed E-state index contributed by atoms with van der Waals surface area (Å²) in [6.07, 6.45) is 2.40. The molecule has 0 saturated heterocycles. The summed E-state index contributed by atoms with van der Waals surface area (Å²) in [6, 6.07) is 7.69. The van der Waals surface area contributed by atoms with Crippen LogP contribution in [0.3, 0.4) is 0 Å². The fraction of sp³-hybridized carbons (Fsp3) is 0.154. The number of nitrogens with two attached hydrogens (primary N) is 1. The molecule has 3 rings (SSSR count). The number of halogens is 1. The van der Waals surface area contributed by atoms with Crippen molar-refractivity contribution in [2.24, 2.45) is 5.73 Å². The molecule has 102 valence electrons. The number of rotatable bonds is 4. The molecule has 0 saturated carbocycles. The maximum atomic E-state index is 5.89. The summed E-state index contributed by atoms with van der Waals surface area (Å²) in [6.45, 7) is 0.355. The summed E-state index contributed by atoms with van der Waals surface area (Å²) in [7, 11) is 0. The van der Waals surface area contributed by atoms with Gasteiger partial charge in [-0.25, -0.2) is 4.98 Å². The monoisotopic (exact) mass is 305 g/mol. The second-order valence-corrected chi connectivity index (χ2v) is 5.51. The van der Waals surface area contributed by atoms with Crippen molar-refractivity contribution in [2.45, 2.75) is 13.0 Å². The first-order valence-corrected chi connectivity index (χ1v) is 7.31. The molecule has 1 aromatic carbocycles. The molecule has 0 aliphatic rings. The average molecular weight is 306 g/mol. The van der Waals surface area contributed by atoms with Gasteiger partial charge < -0.3 is 5.73 Å². The van der Waals surface area contributed by atoms with Gasteiger partial charge >= 0.3 is 0 Å². The smallest absolute Gasteiger partial charge is 0.229 e. The quantitative estimate of drug-likeness (QED) is 0.803. The predicted octanol–water partition coefficient (Wildman–Crippen LogP) is 2.43. The highest BCUT2D eigenvalue weighted by Gasteiger charge is 2.12. The van der Waals surface area contributed by atoms with Gasteiger partial charge in [-0.3, -0.25) is 0 Å². The zero-order valence-electron chi connectivity index (χ0n) is 10.5. The first-order chi connectivity index (χ1) is 9.76. The Balaban J connectivity index is 1.90. The summed E-state index contributed by atoms with van der Waals surface area (Å²) in [5.74, 6) is 0. The van der Waals surface area contributed by atoms with Crippen molar-refractivity contribution in [1.82, 2.24) is 20.0 Å². The van der Waals surface area contributed by atoms with Crippen molar-refractivity contribution in [2.75, 3.05) is 0 Å². The van der Waals surface area contributed by atoms with Crippen LogP contribution in [0.15, 0.2) is 35.8 Å². The lowest BCUT2D eigenvalue weighted by molar-refractivity contribution is 0.727. The minimum Gasteiger partial charge on any atom is -0.325 e. The standard InChI is InChI=1S/C13H12ClN5S/c14-10-3-1-9(2-4-10)7-11-12(8-15)18-19(17-11)13-16-5-6-20-13/h1-6H,7-8,15H2. The van der Waals surface area contributed by atoms with Gasteiger partial charge in [0.25, 0.3) is 0 Å². The topological polar surface area (TPSA) is 69.6 Å². The fourth-order valence-corrected chi connectivity index (χ4v) is 2.53. The van der Waals surface area contributed by atoms with Crippen LogP contribution in [0.25, 0.3) is 5.13 Å². The van der Waals surface area contributed by atoms with Crippen LogP contribution in [0.5, 0.6) is 0 Å². The van der Waals surface area contributed by atoms with Crippen LogP contribution in [0.4, 0.5) is 0 Å². The van der Waals surface area contributed by atoms with Gasteiger partial charge in [-0.2, -0.15) is 5.10 Å². The molecule has 3 aromatic rings. The van der Waals surface area contributed by atoms with E-state index in [2.05, 4.69) is 15.2 Å². The molecule has 2 aromatic heterocycles. The van der Waals surface area contributed by atoms with Crippen molar-refractivity contribution in [3.05, 3.63) is 57.8 Å². The Labute approximate surface area is 125 Å². The number of thiazole rings is 1. The van der Waals surface area contributed by atoms with E-state index >= 15 is 0 Å². The Morgan fingerprint density at radius 3 is 2.55 bits per heavy atom. The van der Waals surface area contributed by atoms with Crippen molar-refractivity contribution >= 4 is 22.9 Å². The third-order valence-electron chi connectivity index (χ3n) is 2.83. The van der Waals surface area contributed by atoms with Crippen molar-refractivity contribution < 1.29 is 0 Å². The molecular weight excluding hydrogens is 294 g/mol. The van der Waals surface area contributed by atoms with E-state index in [0.717, 1.165) is 27.1 Å². The van der Waals surface area contributed by atoms with Crippen LogP contribution >= 0.6 is 22.9 Å². The Hall–Kier alpha value is -1.76. The maximum absolute atomic E-state index is 5.89. The van der Waals surface area contributed by atoms with E-state index in [4.69, 9.17) is 17.3 Å². The molecule has 0 bridgehead atoms. The second kappa shape index (κ2) is 5.70. The third kappa shape index (κ3) is 2.72. The third-order valence-corrected chi connectivity index (χ3v) is 3.82. The van der Waals surface area contributed by atoms with Gasteiger partial charge in [0.15, 0.2) is 0 Å². The van der Waals surface area contributed by atoms with E-state index in [0.29, 0.717) is 13.0 Å². The highest BCUT2D eigenvalue weighted by molar-refractivity contribution is 7.12. The largest absolute Gasteiger partial charge is 0.325 e. The molecular formula is C13H12ClN5S. The minimum atomic E-state index is 0.355. The van der Waals surface area contributed by atoms with Gasteiger partial charge in [-0.15, -0.1) is 21.2 Å². The number of hydrogen-bond acceptors (Lipinski definition) is 5. The summed E-state index contributed by atoms with van der Waals surface area (Å²) in [5.41, 5.74) is 8.51. The highest BCUT2D eigenvalue weighted by Crippen LogP contribution is 2.16. The Morgan fingerprint density at radius 1 is 1.15 bits per heavy atom. The van der Waals surface area contributed by atoms with E-state index in [1.54, 1.807) is 6.20 Å². The first-order valence-electron chi connectivity index (χ1n) is 6.06. The summed E-state index contributed by atoms with van der Waals surface area (Å²) in [5, 5.41) is 12.2. The number of aromatic nitrogens is 4. The molecule has 0 unspecified atom stereocenters. The van der Waals surface area contributed by atoms with Crippen molar-refractivity contribution in [3.63, 3.8) is 0 Å². The zero-order valence-corrected chi connectivity index (χ0v) is 12.1. The maximum Gasteiger partial charge on any atom is 0.229 e. The van der Waals surface area contributed by atoms with Crippen LogP contribution in [0, 0.1) is 0 Å². The molecule has 2 N–H and O–H groups in total. The van der Waals surface area contributed by atoms with Crippen LogP contribution in [-0.4, -0.2) is 20.0 Å². The molecule has 0 spiro atoms. The van der Waals surface area contributed by atoms with Gasteiger partial charge in [-0.1, -0.05) is 23.7 Å². The lowest BCUT2D eigenvalue weighted by Crippen LogP contribution is -2.02. The van der Waals surface area contributed by atoms with Gasteiger partial charge in [0.2, 0.25) is 5.13 Å². The lowest BCUT2D eigenvalue weighted by atomic mass is 10.1. The van der Waals surface area contributed by atoms with Crippen LogP contribution in [0.2, 0.25) is 5.02 Å². The Bertz CT molecular complexity index is 690. The van der Waals surface area contributed by atoms with Crippen LogP contribution in [-0.2, 0) is 13.0 Å². The number of benzene rings is 1. The zero-order chi connectivity index (χ0) is 13.9. The van der Waals surface area contributed by atoms with Crippen molar-refractivity contribution in [3.8, 4) is 5.13 Å². The second-order valence-electron chi connectivity index (χ2n) is 4.20. The summed E-state index contributed by atoms with van der Waals surface area (Å²) in [4.78, 5) is 5.73. The molecule has 0 aliphatic heterocycles. The van der Waals surface area contributed by atoms with E-state index in [1.165, 1.54) is 16.1 Å². The molecule has 0 aliphatic carbocycles. The Morgan fingerprint density at radius 2 is 1.90 bits per heavy atom. The average Bonchev–Trinajstić information content (AvgIpc) is 3.10. The van der Waals surface area contributed by atoms with Gasteiger partial charge in [0.1, 0.15) is 5.69 Å². The van der Waals surface area contributed by atoms with Crippen LogP contribution < -0.4 is 5.73 Å². The van der Waals surface area contributed by atoms with Gasteiger partial charge in [-0.05, 0) is 17.7 Å². The normalized spacial score (nSPS) is 10.9. The molecule has 5 nitrogen and oxygen atoms in total. The van der Waals surface area contributed by atoms with E-state index in [-0.39, 0.29) is 0 Å². The molecule has 0 amide bonds. The SMILES string of the molecule is NCc1nn(-c2nccs2)nc1Cc1ccc(Cl)cc1. The fourth-order valence-electron chi connectivity index (χ4n) is 1.86. The lowest BCUT2D eigenvalue weighted by Gasteiger charge is -1.99. The molecule has 0 radical (unpaired) electrons. The Kier molecular flexibility index (Phi) is 3.77. The van der Waals surface area contributed by atoms with Gasteiger partial charge in [0, 0.05) is 29.6 Å². The predicted molar refractivity (Wildman–Crippen MR) is 79.2 cm³/mol. The number of hydrogen-bond donors (Lipinski definition) is 1. The molecule has 2 heterocycles. The van der Waals surface area contributed by atoms with E-state index in [9.17, 15) is 0 Å². The van der Waals surface area contributed by atoms with Gasteiger partial charge in [0.05, 0.1) is 5.69 Å². The van der Waals surface area contributed by atoms with Crippen molar-refractivity contribution in [1.29, 1.82) is 0 Å². The summed E-state index contributed by atoms with van der Waals surface area (Å²) < 4.78 is 0. The summed E-state index contributed by atoms with van der Waals surface area (Å²) >= 11 is 7.37. The van der Waals surface area contributed by atoms with E-state index in [1.807, 2.05) is 29.6 Å². The molecule has 20 heavy (non-hydrogen) atoms. The number of nitrogens with zero attached hydrogens (tertiary/aromatic N) is 4. The highest BCUT2D eigenvalue weighted by atomic mass is 35.5. The first kappa shape index (κ1) is 13.2. The van der Waals surface area contributed by atoms with E-state index < -0.39 is 0 Å². The molecule has 7 heteroatoms. The van der Waals surface area contributed by atoms with Crippen LogP contribution in [0.1, 0.15) is 17.0 Å². The minimum absolute atomic E-state index is 0.355. The molecule has 0 atom stereocenters. The molecule has 0 fully saturated rings.